The molecule has 0 unspecified atom stereocenters. The predicted octanol–water partition coefficient (Wildman–Crippen LogP) is 2.92. The third kappa shape index (κ3) is 4.32. The zero-order valence-electron chi connectivity index (χ0n) is 12.6. The maximum absolute atomic E-state index is 5.92. The second-order valence-corrected chi connectivity index (χ2v) is 5.99. The number of piperazine rings is 1. The molecule has 1 aliphatic rings. The van der Waals surface area contributed by atoms with Gasteiger partial charge in [-0.15, -0.1) is 0 Å². The summed E-state index contributed by atoms with van der Waals surface area (Å²) in [5, 5.41) is 0. The lowest BCUT2D eigenvalue weighted by Crippen LogP contribution is -2.46. The highest BCUT2D eigenvalue weighted by Crippen LogP contribution is 2.29. The van der Waals surface area contributed by atoms with Gasteiger partial charge in [-0.05, 0) is 44.7 Å². The number of hydrogen-bond acceptors (Lipinski definition) is 4. The van der Waals surface area contributed by atoms with E-state index >= 15 is 0 Å². The van der Waals surface area contributed by atoms with Crippen LogP contribution >= 0.6 is 12.6 Å². The number of anilines is 1. The SMILES string of the molecule is CC(C)Oc1ccccc1N1CCN(CCCS)CC1. The Morgan fingerprint density at radius 3 is 2.50 bits per heavy atom. The van der Waals surface area contributed by atoms with Gasteiger partial charge in [0.25, 0.3) is 0 Å². The van der Waals surface area contributed by atoms with Gasteiger partial charge < -0.3 is 9.64 Å². The average molecular weight is 294 g/mol. The molecule has 1 aromatic rings. The number of rotatable bonds is 6. The van der Waals surface area contributed by atoms with Gasteiger partial charge in [-0.25, -0.2) is 0 Å². The minimum atomic E-state index is 0.216. The summed E-state index contributed by atoms with van der Waals surface area (Å²) in [5.74, 6) is 1.98. The molecule has 1 aromatic carbocycles. The van der Waals surface area contributed by atoms with Crippen LogP contribution in [0, 0.1) is 0 Å². The van der Waals surface area contributed by atoms with E-state index in [0.29, 0.717) is 0 Å². The van der Waals surface area contributed by atoms with Crippen molar-refractivity contribution in [3.05, 3.63) is 24.3 Å². The molecule has 4 heteroatoms. The van der Waals surface area contributed by atoms with E-state index in [0.717, 1.165) is 37.7 Å². The number of ether oxygens (including phenoxy) is 1. The summed E-state index contributed by atoms with van der Waals surface area (Å²) in [5.41, 5.74) is 1.23. The number of nitrogens with zero attached hydrogens (tertiary/aromatic N) is 2. The number of benzene rings is 1. The third-order valence-corrected chi connectivity index (χ3v) is 3.89. The molecule has 1 aliphatic heterocycles. The van der Waals surface area contributed by atoms with E-state index in [-0.39, 0.29) is 6.10 Å². The van der Waals surface area contributed by atoms with Crippen LogP contribution in [0.4, 0.5) is 5.69 Å². The zero-order chi connectivity index (χ0) is 14.4. The Bertz CT molecular complexity index is 403. The van der Waals surface area contributed by atoms with Crippen molar-refractivity contribution in [3.8, 4) is 5.75 Å². The molecule has 112 valence electrons. The van der Waals surface area contributed by atoms with Crippen molar-refractivity contribution in [1.29, 1.82) is 0 Å². The summed E-state index contributed by atoms with van der Waals surface area (Å²) in [6, 6.07) is 8.38. The summed E-state index contributed by atoms with van der Waals surface area (Å²) < 4.78 is 5.92. The summed E-state index contributed by atoms with van der Waals surface area (Å²) >= 11 is 4.29. The van der Waals surface area contributed by atoms with Crippen molar-refractivity contribution in [3.63, 3.8) is 0 Å². The van der Waals surface area contributed by atoms with Gasteiger partial charge in [-0.1, -0.05) is 12.1 Å². The maximum Gasteiger partial charge on any atom is 0.142 e. The molecule has 0 amide bonds. The summed E-state index contributed by atoms with van der Waals surface area (Å²) in [6.07, 6.45) is 1.39. The van der Waals surface area contributed by atoms with Crippen LogP contribution < -0.4 is 9.64 Å². The Labute approximate surface area is 128 Å². The lowest BCUT2D eigenvalue weighted by atomic mass is 10.2. The Morgan fingerprint density at radius 1 is 1.15 bits per heavy atom. The molecule has 2 rings (SSSR count). The third-order valence-electron chi connectivity index (χ3n) is 3.57. The molecular formula is C16H26N2OS. The van der Waals surface area contributed by atoms with Crippen LogP contribution in [0.25, 0.3) is 0 Å². The molecular weight excluding hydrogens is 268 g/mol. The van der Waals surface area contributed by atoms with Gasteiger partial charge in [-0.2, -0.15) is 12.6 Å². The van der Waals surface area contributed by atoms with Gasteiger partial charge in [0.15, 0.2) is 0 Å². The Balaban J connectivity index is 1.96. The van der Waals surface area contributed by atoms with Crippen molar-refractivity contribution in [2.24, 2.45) is 0 Å². The fourth-order valence-corrected chi connectivity index (χ4v) is 2.72. The minimum absolute atomic E-state index is 0.216. The highest BCUT2D eigenvalue weighted by atomic mass is 32.1. The van der Waals surface area contributed by atoms with Crippen LogP contribution in [0.15, 0.2) is 24.3 Å². The second kappa shape index (κ2) is 7.79. The molecule has 1 saturated heterocycles. The first kappa shape index (κ1) is 15.5. The smallest absolute Gasteiger partial charge is 0.142 e. The largest absolute Gasteiger partial charge is 0.489 e. The first-order valence-electron chi connectivity index (χ1n) is 7.54. The molecule has 20 heavy (non-hydrogen) atoms. The number of para-hydroxylation sites is 2. The minimum Gasteiger partial charge on any atom is -0.489 e. The van der Waals surface area contributed by atoms with E-state index in [4.69, 9.17) is 4.74 Å². The first-order chi connectivity index (χ1) is 9.70. The van der Waals surface area contributed by atoms with E-state index in [2.05, 4.69) is 54.5 Å². The lowest BCUT2D eigenvalue weighted by Gasteiger charge is -2.36. The lowest BCUT2D eigenvalue weighted by molar-refractivity contribution is 0.238. The van der Waals surface area contributed by atoms with Crippen molar-refractivity contribution in [1.82, 2.24) is 4.90 Å². The molecule has 3 nitrogen and oxygen atoms in total. The molecule has 0 atom stereocenters. The molecule has 0 aliphatic carbocycles. The van der Waals surface area contributed by atoms with Gasteiger partial charge in [0.1, 0.15) is 5.75 Å². The normalized spacial score (nSPS) is 16.7. The van der Waals surface area contributed by atoms with Crippen LogP contribution in [0.2, 0.25) is 0 Å². The molecule has 0 N–H and O–H groups in total. The molecule has 0 aromatic heterocycles. The van der Waals surface area contributed by atoms with Crippen molar-refractivity contribution in [2.75, 3.05) is 43.4 Å². The van der Waals surface area contributed by atoms with E-state index in [1.807, 2.05) is 6.07 Å². The predicted molar refractivity (Wildman–Crippen MR) is 89.3 cm³/mol. The van der Waals surface area contributed by atoms with Crippen LogP contribution in [0.5, 0.6) is 5.75 Å². The monoisotopic (exact) mass is 294 g/mol. The quantitative estimate of drug-likeness (QED) is 0.812. The Morgan fingerprint density at radius 2 is 1.85 bits per heavy atom. The molecule has 0 spiro atoms. The Kier molecular flexibility index (Phi) is 6.05. The number of hydrogen-bond donors (Lipinski definition) is 1. The fraction of sp³-hybridized carbons (Fsp3) is 0.625. The number of thiol groups is 1. The van der Waals surface area contributed by atoms with E-state index in [1.54, 1.807) is 0 Å². The van der Waals surface area contributed by atoms with Crippen molar-refractivity contribution < 1.29 is 4.74 Å². The van der Waals surface area contributed by atoms with Crippen LogP contribution in [0.3, 0.4) is 0 Å². The van der Waals surface area contributed by atoms with Gasteiger partial charge >= 0.3 is 0 Å². The van der Waals surface area contributed by atoms with Gasteiger partial charge in [0.05, 0.1) is 11.8 Å². The zero-order valence-corrected chi connectivity index (χ0v) is 13.5. The second-order valence-electron chi connectivity index (χ2n) is 5.54. The van der Waals surface area contributed by atoms with Gasteiger partial charge in [0, 0.05) is 26.2 Å². The van der Waals surface area contributed by atoms with Gasteiger partial charge in [-0.3, -0.25) is 4.90 Å². The average Bonchev–Trinajstić information content (AvgIpc) is 2.46. The standard InChI is InChI=1S/C16H26N2OS/c1-14(2)19-16-7-4-3-6-15(16)18-11-9-17(10-12-18)8-5-13-20/h3-4,6-7,14,20H,5,8-13H2,1-2H3. The van der Waals surface area contributed by atoms with Gasteiger partial charge in [0.2, 0.25) is 0 Å². The van der Waals surface area contributed by atoms with Crippen molar-refractivity contribution in [2.45, 2.75) is 26.4 Å². The van der Waals surface area contributed by atoms with E-state index < -0.39 is 0 Å². The van der Waals surface area contributed by atoms with E-state index in [9.17, 15) is 0 Å². The fourth-order valence-electron chi connectivity index (χ4n) is 2.58. The van der Waals surface area contributed by atoms with Crippen molar-refractivity contribution >= 4 is 18.3 Å². The maximum atomic E-state index is 5.92. The topological polar surface area (TPSA) is 15.7 Å². The highest BCUT2D eigenvalue weighted by molar-refractivity contribution is 7.80. The first-order valence-corrected chi connectivity index (χ1v) is 8.18. The Hall–Kier alpha value is -0.870. The summed E-state index contributed by atoms with van der Waals surface area (Å²) in [7, 11) is 0. The van der Waals surface area contributed by atoms with Crippen LogP contribution in [-0.2, 0) is 0 Å². The summed E-state index contributed by atoms with van der Waals surface area (Å²) in [4.78, 5) is 4.97. The highest BCUT2D eigenvalue weighted by Gasteiger charge is 2.19. The molecule has 0 radical (unpaired) electrons. The molecule has 0 saturated carbocycles. The molecule has 0 bridgehead atoms. The van der Waals surface area contributed by atoms with Crippen LogP contribution in [0.1, 0.15) is 20.3 Å². The molecule has 1 fully saturated rings. The van der Waals surface area contributed by atoms with Crippen LogP contribution in [-0.4, -0.2) is 49.5 Å². The molecule has 1 heterocycles. The van der Waals surface area contributed by atoms with E-state index in [1.165, 1.54) is 18.7 Å². The summed E-state index contributed by atoms with van der Waals surface area (Å²) in [6.45, 7) is 9.73.